The number of furan rings is 1. The van der Waals surface area contributed by atoms with Gasteiger partial charge in [-0.05, 0) is 151 Å². The minimum atomic E-state index is -0.689. The van der Waals surface area contributed by atoms with Gasteiger partial charge in [0.25, 0.3) is 0 Å². The summed E-state index contributed by atoms with van der Waals surface area (Å²) in [7, 11) is 0. The lowest BCUT2D eigenvalue weighted by molar-refractivity contribution is 0.332. The molecular weight excluding hydrogens is 946 g/mol. The lowest BCUT2D eigenvalue weighted by atomic mass is 9.42. The molecule has 3 aliphatic heterocycles. The van der Waals surface area contributed by atoms with Crippen molar-refractivity contribution in [2.24, 2.45) is 0 Å². The van der Waals surface area contributed by atoms with Crippen molar-refractivity contribution in [1.82, 2.24) is 0 Å². The first-order valence-electron chi connectivity index (χ1n) is 27.7. The maximum Gasteiger partial charge on any atom is 0.333 e. The van der Waals surface area contributed by atoms with Crippen LogP contribution < -0.4 is 25.5 Å². The van der Waals surface area contributed by atoms with Crippen LogP contribution in [0, 0.1) is 0 Å². The Morgan fingerprint density at radius 1 is 0.449 bits per heavy atom. The fraction of sp³-hybridized carbons (Fsp3) is 0.123. The molecule has 78 heavy (non-hydrogen) atoms. The summed E-state index contributed by atoms with van der Waals surface area (Å²) < 4.78 is 7.15. The third-order valence-electron chi connectivity index (χ3n) is 18.3. The van der Waals surface area contributed by atoms with E-state index in [9.17, 15) is 0 Å². The maximum absolute atomic E-state index is 7.15. The first kappa shape index (κ1) is 45.2. The molecule has 0 amide bonds. The zero-order valence-corrected chi connectivity index (χ0v) is 44.3. The number of fused-ring (bicyclic) bond motifs is 12. The second kappa shape index (κ2) is 16.5. The van der Waals surface area contributed by atoms with Gasteiger partial charge in [-0.1, -0.05) is 198 Å². The Morgan fingerprint density at radius 3 is 1.76 bits per heavy atom. The van der Waals surface area contributed by atoms with Gasteiger partial charge < -0.3 is 19.0 Å². The van der Waals surface area contributed by atoms with Gasteiger partial charge in [0, 0.05) is 62.2 Å². The zero-order valence-electron chi connectivity index (χ0n) is 44.3. The van der Waals surface area contributed by atoms with Crippen molar-refractivity contribution >= 4 is 96.0 Å². The summed E-state index contributed by atoms with van der Waals surface area (Å²) in [5.41, 5.74) is 23.1. The van der Waals surface area contributed by atoms with Crippen LogP contribution in [0.5, 0.6) is 0 Å². The fourth-order valence-corrected chi connectivity index (χ4v) is 14.6. The van der Waals surface area contributed by atoms with Crippen LogP contribution in [0.4, 0.5) is 45.5 Å². The van der Waals surface area contributed by atoms with Crippen molar-refractivity contribution < 1.29 is 4.42 Å². The molecule has 1 aromatic heterocycles. The number of para-hydroxylation sites is 4. The van der Waals surface area contributed by atoms with Crippen LogP contribution in [-0.4, -0.2) is 6.85 Å². The van der Waals surface area contributed by atoms with Crippen molar-refractivity contribution in [3.8, 4) is 11.1 Å². The highest BCUT2D eigenvalue weighted by atomic mass is 16.3. The molecule has 0 fully saturated rings. The smallest absolute Gasteiger partial charge is 0.333 e. The molecule has 4 heterocycles. The van der Waals surface area contributed by atoms with E-state index >= 15 is 0 Å². The summed E-state index contributed by atoms with van der Waals surface area (Å²) in [6, 6.07) is 91.1. The standard InChI is InChI=1S/C73H56BN3O/c1-71(2)40-41-72(3,4)59-44-54(37-39-57(59)71)77-62-45-53(75(51-28-13-7-14-29-51)52-30-15-8-16-31-52)36-38-55(62)68-67-56-32-19-20-35-65(56)78-66(67)46-64-69(68)74(77)61-34-21-33-58-70(61)76(64)63-43-48-23-18-17-22-47(48)42-60(63)73(58,49-24-9-5-10-25-49)50-26-11-6-12-27-50/h5-39,42-46H,40-41H2,1-4H3. The van der Waals surface area contributed by atoms with Crippen LogP contribution in [0.15, 0.2) is 247 Å². The summed E-state index contributed by atoms with van der Waals surface area (Å²) in [5.74, 6) is 0. The highest BCUT2D eigenvalue weighted by Gasteiger charge is 2.54. The zero-order chi connectivity index (χ0) is 52.1. The maximum atomic E-state index is 7.15. The Bertz CT molecular complexity index is 4330. The summed E-state index contributed by atoms with van der Waals surface area (Å²) in [6.45, 7) is 9.53. The van der Waals surface area contributed by atoms with Crippen molar-refractivity contribution in [3.05, 3.63) is 276 Å². The third-order valence-corrected chi connectivity index (χ3v) is 18.3. The number of rotatable bonds is 6. The van der Waals surface area contributed by atoms with Crippen LogP contribution in [0.25, 0.3) is 43.8 Å². The highest BCUT2D eigenvalue weighted by Crippen LogP contribution is 2.61. The van der Waals surface area contributed by atoms with E-state index < -0.39 is 5.41 Å². The van der Waals surface area contributed by atoms with E-state index in [1.54, 1.807) is 0 Å². The Balaban J connectivity index is 1.08. The van der Waals surface area contributed by atoms with Gasteiger partial charge in [0.1, 0.15) is 11.2 Å². The van der Waals surface area contributed by atoms with Crippen LogP contribution >= 0.6 is 0 Å². The number of anilines is 8. The molecule has 0 unspecified atom stereocenters. The number of hydrogen-bond donors (Lipinski definition) is 0. The molecule has 16 rings (SSSR count). The summed E-state index contributed by atoms with van der Waals surface area (Å²) in [4.78, 5) is 7.79. The molecule has 5 heteroatoms. The van der Waals surface area contributed by atoms with E-state index in [4.69, 9.17) is 4.42 Å². The summed E-state index contributed by atoms with van der Waals surface area (Å²) in [5, 5.41) is 4.69. The Morgan fingerprint density at radius 2 is 1.06 bits per heavy atom. The van der Waals surface area contributed by atoms with Gasteiger partial charge in [0.2, 0.25) is 0 Å². The molecular formula is C73H56BN3O. The molecule has 12 aromatic rings. The predicted molar refractivity (Wildman–Crippen MR) is 327 cm³/mol. The highest BCUT2D eigenvalue weighted by molar-refractivity contribution is 6.94. The Hall–Kier alpha value is -9.06. The van der Waals surface area contributed by atoms with Crippen LogP contribution in [0.1, 0.15) is 73.9 Å². The summed E-state index contributed by atoms with van der Waals surface area (Å²) in [6.07, 6.45) is 2.27. The minimum Gasteiger partial charge on any atom is -0.456 e. The Kier molecular flexibility index (Phi) is 9.54. The number of nitrogens with zero attached hydrogens (tertiary/aromatic N) is 3. The second-order valence-electron chi connectivity index (χ2n) is 23.4. The average molecular weight is 1000 g/mol. The van der Waals surface area contributed by atoms with E-state index in [0.29, 0.717) is 0 Å². The molecule has 0 spiro atoms. The largest absolute Gasteiger partial charge is 0.456 e. The van der Waals surface area contributed by atoms with Crippen molar-refractivity contribution in [2.45, 2.75) is 56.8 Å². The SMILES string of the molecule is CC1(C)CCC(C)(C)c2cc(N3B4c5cccc6c5N(c5cc7ccccc7cc5C6(c5ccccc5)c5ccccc5)c5cc6oc7ccccc7c6c(c54)-c4ccc(N(c5ccccc5)c5ccccc5)cc43)ccc21. The lowest BCUT2D eigenvalue weighted by Crippen LogP contribution is -2.62. The van der Waals surface area contributed by atoms with Crippen LogP contribution in [0.3, 0.4) is 0 Å². The quantitative estimate of drug-likeness (QED) is 0.155. The molecule has 4 nitrogen and oxygen atoms in total. The van der Waals surface area contributed by atoms with Crippen molar-refractivity contribution in [2.75, 3.05) is 14.6 Å². The molecule has 4 aliphatic rings. The first-order chi connectivity index (χ1) is 38.2. The summed E-state index contributed by atoms with van der Waals surface area (Å²) >= 11 is 0. The number of benzene rings is 11. The van der Waals surface area contributed by atoms with Gasteiger partial charge in [-0.15, -0.1) is 0 Å². The van der Waals surface area contributed by atoms with Crippen LogP contribution in [-0.2, 0) is 16.2 Å². The van der Waals surface area contributed by atoms with Gasteiger partial charge in [0.05, 0.1) is 11.1 Å². The monoisotopic (exact) mass is 1000 g/mol. The molecule has 0 bridgehead atoms. The molecule has 0 radical (unpaired) electrons. The van der Waals surface area contributed by atoms with E-state index in [1.807, 2.05) is 0 Å². The third kappa shape index (κ3) is 6.24. The molecule has 11 aromatic carbocycles. The van der Waals surface area contributed by atoms with Gasteiger partial charge in [0.15, 0.2) is 0 Å². The number of hydrogen-bond acceptors (Lipinski definition) is 4. The molecule has 372 valence electrons. The molecule has 0 N–H and O–H groups in total. The lowest BCUT2D eigenvalue weighted by Gasteiger charge is -2.52. The van der Waals surface area contributed by atoms with E-state index in [2.05, 4.69) is 285 Å². The first-order valence-corrected chi connectivity index (χ1v) is 27.7. The van der Waals surface area contributed by atoms with E-state index in [-0.39, 0.29) is 17.7 Å². The van der Waals surface area contributed by atoms with E-state index in [0.717, 1.165) is 63.2 Å². The van der Waals surface area contributed by atoms with E-state index in [1.165, 1.54) is 83.3 Å². The van der Waals surface area contributed by atoms with Crippen molar-refractivity contribution in [3.63, 3.8) is 0 Å². The van der Waals surface area contributed by atoms with Crippen LogP contribution in [0.2, 0.25) is 0 Å². The van der Waals surface area contributed by atoms with Gasteiger partial charge in [-0.25, -0.2) is 0 Å². The van der Waals surface area contributed by atoms with Gasteiger partial charge in [-0.2, -0.15) is 0 Å². The molecule has 0 atom stereocenters. The Labute approximate surface area is 456 Å². The minimum absolute atomic E-state index is 0.0174. The predicted octanol–water partition coefficient (Wildman–Crippen LogP) is 18.0. The molecule has 0 saturated heterocycles. The second-order valence-corrected chi connectivity index (χ2v) is 23.4. The van der Waals surface area contributed by atoms with Gasteiger partial charge in [-0.3, -0.25) is 0 Å². The normalized spacial score (nSPS) is 15.8. The average Bonchev–Trinajstić information content (AvgIpc) is 2.99. The van der Waals surface area contributed by atoms with Gasteiger partial charge >= 0.3 is 6.85 Å². The fourth-order valence-electron chi connectivity index (χ4n) is 14.6. The molecule has 1 aliphatic carbocycles. The van der Waals surface area contributed by atoms with Crippen molar-refractivity contribution in [1.29, 1.82) is 0 Å². The topological polar surface area (TPSA) is 22.9 Å². The molecule has 0 saturated carbocycles.